The molecule has 3 rings (SSSR count). The van der Waals surface area contributed by atoms with Crippen LogP contribution in [0.25, 0.3) is 16.3 Å². The number of benzene rings is 2. The van der Waals surface area contributed by atoms with E-state index in [4.69, 9.17) is 25.4 Å². The van der Waals surface area contributed by atoms with Gasteiger partial charge in [0.05, 0.1) is 45.2 Å². The van der Waals surface area contributed by atoms with Gasteiger partial charge in [0.2, 0.25) is 5.75 Å². The lowest BCUT2D eigenvalue weighted by atomic mass is 10.1. The van der Waals surface area contributed by atoms with Crippen LogP contribution >= 0.6 is 11.3 Å². The zero-order chi connectivity index (χ0) is 22.4. The van der Waals surface area contributed by atoms with Crippen LogP contribution in [0.2, 0.25) is 0 Å². The van der Waals surface area contributed by atoms with Gasteiger partial charge in [-0.05, 0) is 42.0 Å². The van der Waals surface area contributed by atoms with Gasteiger partial charge in [-0.2, -0.15) is 4.99 Å². The maximum absolute atomic E-state index is 12.6. The number of fused-ring (bicyclic) bond motifs is 1. The zero-order valence-corrected chi connectivity index (χ0v) is 18.5. The number of terminal acetylenes is 1. The highest BCUT2D eigenvalue weighted by Gasteiger charge is 2.12. The van der Waals surface area contributed by atoms with Crippen LogP contribution < -0.4 is 23.7 Å². The van der Waals surface area contributed by atoms with Gasteiger partial charge in [0, 0.05) is 6.08 Å². The molecular weight excluding hydrogens is 416 g/mol. The number of methoxy groups -OCH3 is 4. The quantitative estimate of drug-likeness (QED) is 0.417. The van der Waals surface area contributed by atoms with Crippen LogP contribution in [0.15, 0.2) is 41.4 Å². The highest BCUT2D eigenvalue weighted by atomic mass is 32.1. The van der Waals surface area contributed by atoms with Crippen molar-refractivity contribution in [3.63, 3.8) is 0 Å². The van der Waals surface area contributed by atoms with Gasteiger partial charge in [0.1, 0.15) is 5.75 Å². The Labute approximate surface area is 184 Å². The lowest BCUT2D eigenvalue weighted by Gasteiger charge is -2.12. The Balaban J connectivity index is 1.97. The highest BCUT2D eigenvalue weighted by molar-refractivity contribution is 7.16. The molecule has 0 spiro atoms. The van der Waals surface area contributed by atoms with Gasteiger partial charge in [-0.1, -0.05) is 17.3 Å². The summed E-state index contributed by atoms with van der Waals surface area (Å²) in [7, 11) is 6.20. The van der Waals surface area contributed by atoms with Crippen molar-refractivity contribution in [2.24, 2.45) is 4.99 Å². The van der Waals surface area contributed by atoms with E-state index in [1.54, 1.807) is 25.3 Å². The SMILES string of the molecule is C#CCn1c(=NC(=O)/C=C\c2cc(OC)c(OC)c(OC)c2)sc2cc(OC)ccc21. The molecule has 0 fully saturated rings. The number of amides is 1. The van der Waals surface area contributed by atoms with E-state index < -0.39 is 5.91 Å². The van der Waals surface area contributed by atoms with Crippen molar-refractivity contribution in [1.29, 1.82) is 0 Å². The number of hydrogen-bond acceptors (Lipinski definition) is 6. The molecular formula is C23H22N2O5S. The second kappa shape index (κ2) is 9.87. The molecule has 0 radical (unpaired) electrons. The molecule has 1 heterocycles. The third-order valence-electron chi connectivity index (χ3n) is 4.45. The number of rotatable bonds is 7. The maximum atomic E-state index is 12.6. The fourth-order valence-electron chi connectivity index (χ4n) is 3.01. The van der Waals surface area contributed by atoms with Crippen LogP contribution in [0.4, 0.5) is 0 Å². The first-order valence-corrected chi connectivity index (χ1v) is 10.0. The normalized spacial score (nSPS) is 11.5. The smallest absolute Gasteiger partial charge is 0.272 e. The fraction of sp³-hybridized carbons (Fsp3) is 0.217. The lowest BCUT2D eigenvalue weighted by Crippen LogP contribution is -2.15. The Morgan fingerprint density at radius 2 is 1.81 bits per heavy atom. The Morgan fingerprint density at radius 3 is 2.39 bits per heavy atom. The van der Waals surface area contributed by atoms with Gasteiger partial charge in [0.15, 0.2) is 16.3 Å². The van der Waals surface area contributed by atoms with E-state index in [-0.39, 0.29) is 0 Å². The first kappa shape index (κ1) is 22.0. The van der Waals surface area contributed by atoms with E-state index >= 15 is 0 Å². The van der Waals surface area contributed by atoms with Crippen molar-refractivity contribution in [3.05, 3.63) is 46.8 Å². The van der Waals surface area contributed by atoms with Crippen LogP contribution in [0.1, 0.15) is 5.56 Å². The van der Waals surface area contributed by atoms with E-state index in [1.165, 1.54) is 38.7 Å². The van der Waals surface area contributed by atoms with Crippen LogP contribution in [0.3, 0.4) is 0 Å². The fourth-order valence-corrected chi connectivity index (χ4v) is 4.07. The molecule has 0 saturated heterocycles. The van der Waals surface area contributed by atoms with Crippen molar-refractivity contribution >= 4 is 33.5 Å². The number of hydrogen-bond donors (Lipinski definition) is 0. The molecule has 1 amide bonds. The first-order chi connectivity index (χ1) is 15.0. The minimum Gasteiger partial charge on any atom is -0.497 e. The predicted octanol–water partition coefficient (Wildman–Crippen LogP) is 3.51. The second-order valence-electron chi connectivity index (χ2n) is 6.25. The van der Waals surface area contributed by atoms with Gasteiger partial charge < -0.3 is 23.5 Å². The molecule has 0 atom stereocenters. The summed E-state index contributed by atoms with van der Waals surface area (Å²) in [5.41, 5.74) is 1.60. The monoisotopic (exact) mass is 438 g/mol. The summed E-state index contributed by atoms with van der Waals surface area (Å²) in [5.74, 6) is 4.39. The molecule has 160 valence electrons. The van der Waals surface area contributed by atoms with Gasteiger partial charge >= 0.3 is 0 Å². The molecule has 0 unspecified atom stereocenters. The third kappa shape index (κ3) is 4.73. The molecule has 2 aromatic carbocycles. The Bertz CT molecular complexity index is 1220. The van der Waals surface area contributed by atoms with Gasteiger partial charge in [0.25, 0.3) is 5.91 Å². The summed E-state index contributed by atoms with van der Waals surface area (Å²) in [5, 5.41) is 0. The number of thiazole rings is 1. The Hall–Kier alpha value is -3.70. The molecule has 0 aliphatic heterocycles. The number of aromatic nitrogens is 1. The van der Waals surface area contributed by atoms with Gasteiger partial charge in [-0.15, -0.1) is 6.42 Å². The zero-order valence-electron chi connectivity index (χ0n) is 17.7. The molecule has 7 nitrogen and oxygen atoms in total. The van der Waals surface area contributed by atoms with Crippen molar-refractivity contribution in [3.8, 4) is 35.3 Å². The van der Waals surface area contributed by atoms with Crippen LogP contribution in [-0.2, 0) is 11.3 Å². The van der Waals surface area contributed by atoms with Crippen molar-refractivity contribution in [2.45, 2.75) is 6.54 Å². The van der Waals surface area contributed by atoms with E-state index in [1.807, 2.05) is 22.8 Å². The number of carbonyl (C=O) groups excluding carboxylic acids is 1. The maximum Gasteiger partial charge on any atom is 0.272 e. The lowest BCUT2D eigenvalue weighted by molar-refractivity contribution is -0.113. The van der Waals surface area contributed by atoms with Crippen LogP contribution in [-0.4, -0.2) is 38.9 Å². The standard InChI is InChI=1S/C23H22N2O5S/c1-6-11-25-17-9-8-16(27-2)14-20(17)31-23(25)24-21(26)10-7-15-12-18(28-3)22(30-5)19(13-15)29-4/h1,7-10,12-14H,11H2,2-5H3/b10-7-,24-23?. The Kier molecular flexibility index (Phi) is 7.00. The average molecular weight is 439 g/mol. The van der Waals surface area contributed by atoms with Gasteiger partial charge in [-0.25, -0.2) is 0 Å². The van der Waals surface area contributed by atoms with E-state index in [2.05, 4.69) is 10.9 Å². The first-order valence-electron chi connectivity index (χ1n) is 9.22. The number of nitrogens with zero attached hydrogens (tertiary/aromatic N) is 2. The molecule has 0 bridgehead atoms. The van der Waals surface area contributed by atoms with E-state index in [0.29, 0.717) is 34.2 Å². The minimum absolute atomic E-state index is 0.301. The molecule has 8 heteroatoms. The molecule has 0 saturated carbocycles. The summed E-state index contributed by atoms with van der Waals surface area (Å²) in [6, 6.07) is 9.13. The minimum atomic E-state index is -0.418. The van der Waals surface area contributed by atoms with E-state index in [9.17, 15) is 4.79 Å². The molecule has 0 N–H and O–H groups in total. The van der Waals surface area contributed by atoms with Crippen LogP contribution in [0, 0.1) is 12.3 Å². The summed E-state index contributed by atoms with van der Waals surface area (Å²) in [6.07, 6.45) is 8.53. The Morgan fingerprint density at radius 1 is 1.10 bits per heavy atom. The molecule has 0 aliphatic rings. The van der Waals surface area contributed by atoms with E-state index in [0.717, 1.165) is 16.0 Å². The molecule has 31 heavy (non-hydrogen) atoms. The van der Waals surface area contributed by atoms with Crippen molar-refractivity contribution in [2.75, 3.05) is 28.4 Å². The third-order valence-corrected chi connectivity index (χ3v) is 5.49. The van der Waals surface area contributed by atoms with Crippen molar-refractivity contribution in [1.82, 2.24) is 4.57 Å². The largest absolute Gasteiger partial charge is 0.497 e. The number of carbonyl (C=O) groups is 1. The summed E-state index contributed by atoms with van der Waals surface area (Å²) in [4.78, 5) is 17.3. The van der Waals surface area contributed by atoms with Gasteiger partial charge in [-0.3, -0.25) is 4.79 Å². The topological polar surface area (TPSA) is 71.3 Å². The average Bonchev–Trinajstić information content (AvgIpc) is 3.12. The summed E-state index contributed by atoms with van der Waals surface area (Å²) < 4.78 is 24.0. The summed E-state index contributed by atoms with van der Waals surface area (Å²) >= 11 is 1.37. The predicted molar refractivity (Wildman–Crippen MR) is 121 cm³/mol. The molecule has 3 aromatic rings. The number of ether oxygens (including phenoxy) is 4. The second-order valence-corrected chi connectivity index (χ2v) is 7.26. The highest BCUT2D eigenvalue weighted by Crippen LogP contribution is 2.38. The van der Waals surface area contributed by atoms with Crippen molar-refractivity contribution < 1.29 is 23.7 Å². The molecule has 1 aromatic heterocycles. The molecule has 0 aliphatic carbocycles. The van der Waals surface area contributed by atoms with Crippen LogP contribution in [0.5, 0.6) is 23.0 Å². The summed E-state index contributed by atoms with van der Waals surface area (Å²) in [6.45, 7) is 0.301.